The molecule has 0 radical (unpaired) electrons. The number of rotatable bonds is 5. The highest BCUT2D eigenvalue weighted by Crippen LogP contribution is 2.12. The third kappa shape index (κ3) is 3.55. The number of nitrogens with zero attached hydrogens (tertiary/aromatic N) is 3. The van der Waals surface area contributed by atoms with Gasteiger partial charge in [-0.15, -0.1) is 0 Å². The first-order valence-electron chi connectivity index (χ1n) is 7.15. The van der Waals surface area contributed by atoms with Crippen molar-refractivity contribution in [3.05, 3.63) is 17.0 Å². The van der Waals surface area contributed by atoms with Crippen LogP contribution in [0.5, 0.6) is 0 Å². The van der Waals surface area contributed by atoms with E-state index in [0.29, 0.717) is 6.10 Å². The van der Waals surface area contributed by atoms with Gasteiger partial charge < -0.3 is 15.0 Å². The molecule has 2 rings (SSSR count). The molecular formula is C14H26N4O. The second-order valence-corrected chi connectivity index (χ2v) is 5.35. The highest BCUT2D eigenvalue weighted by Gasteiger charge is 2.17. The zero-order chi connectivity index (χ0) is 13.8. The Bertz CT molecular complexity index is 416. The van der Waals surface area contributed by atoms with Crippen molar-refractivity contribution in [2.24, 2.45) is 0 Å². The number of aryl methyl sites for hydroxylation is 2. The molecule has 1 aromatic heterocycles. The molecule has 1 N–H and O–H groups in total. The topological polar surface area (TPSA) is 42.3 Å². The van der Waals surface area contributed by atoms with Crippen molar-refractivity contribution in [3.63, 3.8) is 0 Å². The van der Waals surface area contributed by atoms with E-state index in [1.54, 1.807) is 0 Å². The molecule has 5 nitrogen and oxygen atoms in total. The number of ether oxygens (including phenoxy) is 1. The summed E-state index contributed by atoms with van der Waals surface area (Å²) in [5.74, 6) is 0. The molecule has 0 aliphatic carbocycles. The van der Waals surface area contributed by atoms with Crippen LogP contribution in [0.4, 0.5) is 0 Å². The SMILES string of the molecule is CCn1nc(C)c(CNC[C@H]2CN(C)CCO2)c1C. The average molecular weight is 266 g/mol. The van der Waals surface area contributed by atoms with Gasteiger partial charge in [0.25, 0.3) is 0 Å². The van der Waals surface area contributed by atoms with Gasteiger partial charge in [0, 0.05) is 44.0 Å². The lowest BCUT2D eigenvalue weighted by Crippen LogP contribution is -2.44. The van der Waals surface area contributed by atoms with E-state index in [1.165, 1.54) is 11.3 Å². The summed E-state index contributed by atoms with van der Waals surface area (Å²) in [4.78, 5) is 2.32. The minimum Gasteiger partial charge on any atom is -0.374 e. The van der Waals surface area contributed by atoms with E-state index in [-0.39, 0.29) is 0 Å². The van der Waals surface area contributed by atoms with Gasteiger partial charge >= 0.3 is 0 Å². The first kappa shape index (κ1) is 14.5. The molecule has 1 atom stereocenters. The average Bonchev–Trinajstić information content (AvgIpc) is 2.66. The second-order valence-electron chi connectivity index (χ2n) is 5.35. The molecule has 0 bridgehead atoms. The lowest BCUT2D eigenvalue weighted by molar-refractivity contribution is -0.0182. The fourth-order valence-corrected chi connectivity index (χ4v) is 2.65. The molecular weight excluding hydrogens is 240 g/mol. The smallest absolute Gasteiger partial charge is 0.0826 e. The van der Waals surface area contributed by atoms with Crippen molar-refractivity contribution in [2.45, 2.75) is 40.0 Å². The van der Waals surface area contributed by atoms with E-state index < -0.39 is 0 Å². The summed E-state index contributed by atoms with van der Waals surface area (Å²) in [6, 6.07) is 0. The predicted octanol–water partition coefficient (Wildman–Crippen LogP) is 0.940. The van der Waals surface area contributed by atoms with E-state index >= 15 is 0 Å². The molecule has 0 aromatic carbocycles. The van der Waals surface area contributed by atoms with Gasteiger partial charge in [-0.2, -0.15) is 5.10 Å². The van der Waals surface area contributed by atoms with Crippen LogP contribution >= 0.6 is 0 Å². The molecule has 5 heteroatoms. The van der Waals surface area contributed by atoms with Crippen molar-refractivity contribution >= 4 is 0 Å². The third-order valence-corrected chi connectivity index (χ3v) is 3.85. The van der Waals surface area contributed by atoms with E-state index in [4.69, 9.17) is 4.74 Å². The molecule has 0 spiro atoms. The normalized spacial score (nSPS) is 20.9. The zero-order valence-corrected chi connectivity index (χ0v) is 12.6. The third-order valence-electron chi connectivity index (χ3n) is 3.85. The zero-order valence-electron chi connectivity index (χ0n) is 12.6. The van der Waals surface area contributed by atoms with Crippen molar-refractivity contribution in [1.82, 2.24) is 20.0 Å². The van der Waals surface area contributed by atoms with Crippen LogP contribution in [0.2, 0.25) is 0 Å². The van der Waals surface area contributed by atoms with Gasteiger partial charge in [-0.05, 0) is 27.8 Å². The summed E-state index contributed by atoms with van der Waals surface area (Å²) in [5.41, 5.74) is 3.73. The number of hydrogen-bond acceptors (Lipinski definition) is 4. The molecule has 2 heterocycles. The monoisotopic (exact) mass is 266 g/mol. The molecule has 1 saturated heterocycles. The number of aromatic nitrogens is 2. The van der Waals surface area contributed by atoms with Crippen molar-refractivity contribution in [1.29, 1.82) is 0 Å². The van der Waals surface area contributed by atoms with E-state index in [2.05, 4.69) is 47.8 Å². The molecule has 1 fully saturated rings. The summed E-state index contributed by atoms with van der Waals surface area (Å²) >= 11 is 0. The Morgan fingerprint density at radius 1 is 1.42 bits per heavy atom. The quantitative estimate of drug-likeness (QED) is 0.861. The molecule has 1 aromatic rings. The van der Waals surface area contributed by atoms with E-state index in [0.717, 1.165) is 45.0 Å². The van der Waals surface area contributed by atoms with E-state index in [1.807, 2.05) is 0 Å². The van der Waals surface area contributed by atoms with Gasteiger partial charge in [-0.1, -0.05) is 0 Å². The van der Waals surface area contributed by atoms with Gasteiger partial charge in [-0.3, -0.25) is 4.68 Å². The molecule has 108 valence electrons. The maximum absolute atomic E-state index is 5.75. The van der Waals surface area contributed by atoms with Crippen LogP contribution in [0, 0.1) is 13.8 Å². The molecule has 0 amide bonds. The Labute approximate surface area is 115 Å². The van der Waals surface area contributed by atoms with Crippen LogP contribution in [-0.4, -0.2) is 54.1 Å². The Morgan fingerprint density at radius 3 is 2.84 bits per heavy atom. The first-order valence-corrected chi connectivity index (χ1v) is 7.15. The molecule has 1 aliphatic heterocycles. The summed E-state index contributed by atoms with van der Waals surface area (Å²) in [7, 11) is 2.15. The number of hydrogen-bond donors (Lipinski definition) is 1. The highest BCUT2D eigenvalue weighted by atomic mass is 16.5. The Morgan fingerprint density at radius 2 is 2.21 bits per heavy atom. The van der Waals surface area contributed by atoms with Crippen molar-refractivity contribution < 1.29 is 4.74 Å². The Hall–Kier alpha value is -0.910. The van der Waals surface area contributed by atoms with Gasteiger partial charge in [0.15, 0.2) is 0 Å². The maximum Gasteiger partial charge on any atom is 0.0826 e. The highest BCUT2D eigenvalue weighted by molar-refractivity contribution is 5.24. The van der Waals surface area contributed by atoms with Gasteiger partial charge in [0.05, 0.1) is 18.4 Å². The number of morpholine rings is 1. The Kier molecular flexibility index (Phi) is 4.96. The predicted molar refractivity (Wildman–Crippen MR) is 76.3 cm³/mol. The number of nitrogens with one attached hydrogen (secondary N) is 1. The summed E-state index contributed by atoms with van der Waals surface area (Å²) in [6.07, 6.45) is 0.306. The summed E-state index contributed by atoms with van der Waals surface area (Å²) in [6.45, 7) is 12.0. The maximum atomic E-state index is 5.75. The standard InChI is InChI=1S/C14H26N4O/c1-5-18-12(3)14(11(2)16-18)9-15-8-13-10-17(4)6-7-19-13/h13,15H,5-10H2,1-4H3/t13-/m0/s1. The molecule has 0 saturated carbocycles. The second kappa shape index (κ2) is 6.50. The lowest BCUT2D eigenvalue weighted by atomic mass is 10.2. The largest absolute Gasteiger partial charge is 0.374 e. The number of likely N-dealkylation sites (N-methyl/N-ethyl adjacent to an activating group) is 1. The first-order chi connectivity index (χ1) is 9.11. The Balaban J connectivity index is 1.84. The molecule has 19 heavy (non-hydrogen) atoms. The molecule has 0 unspecified atom stereocenters. The van der Waals surface area contributed by atoms with Crippen LogP contribution in [-0.2, 0) is 17.8 Å². The van der Waals surface area contributed by atoms with Gasteiger partial charge in [0.2, 0.25) is 0 Å². The van der Waals surface area contributed by atoms with Crippen molar-refractivity contribution in [3.8, 4) is 0 Å². The minimum atomic E-state index is 0.306. The minimum absolute atomic E-state index is 0.306. The molecule has 1 aliphatic rings. The van der Waals surface area contributed by atoms with Crippen LogP contribution in [0.25, 0.3) is 0 Å². The fourth-order valence-electron chi connectivity index (χ4n) is 2.65. The van der Waals surface area contributed by atoms with Crippen LogP contribution < -0.4 is 5.32 Å². The van der Waals surface area contributed by atoms with Gasteiger partial charge in [-0.25, -0.2) is 0 Å². The van der Waals surface area contributed by atoms with E-state index in [9.17, 15) is 0 Å². The van der Waals surface area contributed by atoms with Crippen LogP contribution in [0.3, 0.4) is 0 Å². The van der Waals surface area contributed by atoms with Crippen LogP contribution in [0.15, 0.2) is 0 Å². The van der Waals surface area contributed by atoms with Crippen LogP contribution in [0.1, 0.15) is 23.9 Å². The van der Waals surface area contributed by atoms with Crippen molar-refractivity contribution in [2.75, 3.05) is 33.3 Å². The summed E-state index contributed by atoms with van der Waals surface area (Å²) in [5, 5.41) is 8.05. The van der Waals surface area contributed by atoms with Gasteiger partial charge in [0.1, 0.15) is 0 Å². The summed E-state index contributed by atoms with van der Waals surface area (Å²) < 4.78 is 7.81. The lowest BCUT2D eigenvalue weighted by Gasteiger charge is -2.30. The fraction of sp³-hybridized carbons (Fsp3) is 0.786.